The van der Waals surface area contributed by atoms with Crippen LogP contribution in [0.5, 0.6) is 0 Å². The summed E-state index contributed by atoms with van der Waals surface area (Å²) in [6.45, 7) is 5.45. The number of carbonyl (C=O) groups is 1. The molecule has 1 N–H and O–H groups in total. The second-order valence-electron chi connectivity index (χ2n) is 8.01. The van der Waals surface area contributed by atoms with E-state index in [2.05, 4.69) is 15.1 Å². The summed E-state index contributed by atoms with van der Waals surface area (Å²) in [5, 5.41) is 17.1. The number of halogens is 1. The molecule has 2 aromatic heterocycles. The van der Waals surface area contributed by atoms with Crippen LogP contribution in [-0.2, 0) is 0 Å². The first-order chi connectivity index (χ1) is 15.3. The summed E-state index contributed by atoms with van der Waals surface area (Å²) < 4.78 is 13.3. The highest BCUT2D eigenvalue weighted by Gasteiger charge is 2.26. The number of aromatic nitrogens is 4. The number of benzene rings is 1. The number of aromatic carboxylic acids is 1. The van der Waals surface area contributed by atoms with Crippen molar-refractivity contribution in [3.05, 3.63) is 59.3 Å². The monoisotopic (exact) mass is 436 g/mol. The van der Waals surface area contributed by atoms with E-state index in [1.54, 1.807) is 18.2 Å². The van der Waals surface area contributed by atoms with E-state index in [-0.39, 0.29) is 17.4 Å². The summed E-state index contributed by atoms with van der Waals surface area (Å²) in [7, 11) is 1.91. The van der Waals surface area contributed by atoms with Crippen LogP contribution in [0.3, 0.4) is 0 Å². The first-order valence-electron chi connectivity index (χ1n) is 10.5. The standard InChI is InChI=1S/C23H25FN6O2/c1-14-21(16-4-6-18(24)7-5-16)15(2)27-23(26-14)30-10-8-19(9-11-30)29(3)20-12-17(22(31)32)13-25-28-20/h4-7,12-13,19H,8-11H2,1-3H3,(H,31,32). The molecule has 8 nitrogen and oxygen atoms in total. The second-order valence-corrected chi connectivity index (χ2v) is 8.01. The van der Waals surface area contributed by atoms with Crippen molar-refractivity contribution in [3.8, 4) is 11.1 Å². The van der Waals surface area contributed by atoms with Crippen LogP contribution >= 0.6 is 0 Å². The maximum atomic E-state index is 13.3. The van der Waals surface area contributed by atoms with Crippen molar-refractivity contribution in [1.82, 2.24) is 20.2 Å². The third-order valence-electron chi connectivity index (χ3n) is 5.94. The molecule has 0 saturated carbocycles. The molecule has 4 rings (SSSR count). The summed E-state index contributed by atoms with van der Waals surface area (Å²) in [5.41, 5.74) is 3.68. The summed E-state index contributed by atoms with van der Waals surface area (Å²) >= 11 is 0. The SMILES string of the molecule is Cc1nc(N2CCC(N(C)c3cc(C(=O)O)cnn3)CC2)nc(C)c1-c1ccc(F)cc1. The Kier molecular flexibility index (Phi) is 5.98. The van der Waals surface area contributed by atoms with Gasteiger partial charge in [0.2, 0.25) is 5.95 Å². The molecule has 1 aromatic carbocycles. The lowest BCUT2D eigenvalue weighted by molar-refractivity contribution is 0.0696. The van der Waals surface area contributed by atoms with Gasteiger partial charge in [0.1, 0.15) is 5.82 Å². The van der Waals surface area contributed by atoms with Gasteiger partial charge in [0.05, 0.1) is 23.1 Å². The Balaban J connectivity index is 1.47. The van der Waals surface area contributed by atoms with Crippen LogP contribution in [0.2, 0.25) is 0 Å². The minimum absolute atomic E-state index is 0.125. The van der Waals surface area contributed by atoms with Gasteiger partial charge in [0, 0.05) is 31.7 Å². The Morgan fingerprint density at radius 3 is 2.34 bits per heavy atom. The van der Waals surface area contributed by atoms with Crippen molar-refractivity contribution in [2.45, 2.75) is 32.7 Å². The molecule has 0 bridgehead atoms. The average Bonchev–Trinajstić information content (AvgIpc) is 2.79. The number of carboxylic acid groups (broad SMARTS) is 1. The molecule has 32 heavy (non-hydrogen) atoms. The van der Waals surface area contributed by atoms with E-state index in [9.17, 15) is 14.3 Å². The van der Waals surface area contributed by atoms with Crippen LogP contribution < -0.4 is 9.80 Å². The normalized spacial score (nSPS) is 14.4. The van der Waals surface area contributed by atoms with Crippen LogP contribution in [0, 0.1) is 19.7 Å². The van der Waals surface area contributed by atoms with Crippen molar-refractivity contribution >= 4 is 17.7 Å². The lowest BCUT2D eigenvalue weighted by Gasteiger charge is -2.37. The van der Waals surface area contributed by atoms with E-state index in [4.69, 9.17) is 9.97 Å². The zero-order valence-electron chi connectivity index (χ0n) is 18.3. The molecule has 0 amide bonds. The Morgan fingerprint density at radius 2 is 1.75 bits per heavy atom. The van der Waals surface area contributed by atoms with Gasteiger partial charge in [-0.1, -0.05) is 12.1 Å². The van der Waals surface area contributed by atoms with Gasteiger partial charge >= 0.3 is 5.97 Å². The van der Waals surface area contributed by atoms with E-state index in [1.165, 1.54) is 18.3 Å². The number of aryl methyl sites for hydroxylation is 2. The zero-order chi connectivity index (χ0) is 22.8. The van der Waals surface area contributed by atoms with Crippen molar-refractivity contribution in [2.24, 2.45) is 0 Å². The van der Waals surface area contributed by atoms with Crippen LogP contribution in [0.15, 0.2) is 36.5 Å². The highest BCUT2D eigenvalue weighted by atomic mass is 19.1. The third kappa shape index (κ3) is 4.37. The summed E-state index contributed by atoms with van der Waals surface area (Å²) in [6.07, 6.45) is 2.97. The zero-order valence-corrected chi connectivity index (χ0v) is 18.3. The molecule has 0 atom stereocenters. The second kappa shape index (κ2) is 8.86. The fourth-order valence-electron chi connectivity index (χ4n) is 4.16. The summed E-state index contributed by atoms with van der Waals surface area (Å²) in [4.78, 5) is 24.8. The van der Waals surface area contributed by atoms with Gasteiger partial charge in [-0.15, -0.1) is 5.10 Å². The van der Waals surface area contributed by atoms with Crippen LogP contribution in [0.4, 0.5) is 16.2 Å². The van der Waals surface area contributed by atoms with Crippen LogP contribution in [0.25, 0.3) is 11.1 Å². The fraction of sp³-hybridized carbons (Fsp3) is 0.348. The number of rotatable bonds is 5. The largest absolute Gasteiger partial charge is 0.478 e. The molecule has 3 aromatic rings. The summed E-state index contributed by atoms with van der Waals surface area (Å²) in [6, 6.07) is 8.14. The fourth-order valence-corrected chi connectivity index (χ4v) is 4.16. The topological polar surface area (TPSA) is 95.3 Å². The van der Waals surface area contributed by atoms with Crippen molar-refractivity contribution in [3.63, 3.8) is 0 Å². The van der Waals surface area contributed by atoms with E-state index >= 15 is 0 Å². The minimum atomic E-state index is -1.02. The minimum Gasteiger partial charge on any atom is -0.478 e. The Hall–Kier alpha value is -3.62. The quantitative estimate of drug-likeness (QED) is 0.649. The molecule has 1 saturated heterocycles. The molecule has 0 aliphatic carbocycles. The summed E-state index contributed by atoms with van der Waals surface area (Å²) in [5.74, 6) is -0.0407. The molecule has 166 valence electrons. The van der Waals surface area contributed by atoms with Gasteiger partial charge in [-0.3, -0.25) is 0 Å². The molecule has 1 aliphatic heterocycles. The lowest BCUT2D eigenvalue weighted by atomic mass is 10.0. The van der Waals surface area contributed by atoms with Crippen LogP contribution in [0.1, 0.15) is 34.6 Å². The van der Waals surface area contributed by atoms with Gasteiger partial charge in [-0.25, -0.2) is 19.2 Å². The van der Waals surface area contributed by atoms with Gasteiger partial charge < -0.3 is 14.9 Å². The predicted octanol–water partition coefficient (Wildman–Crippen LogP) is 3.49. The van der Waals surface area contributed by atoms with E-state index < -0.39 is 5.97 Å². The third-order valence-corrected chi connectivity index (χ3v) is 5.94. The van der Waals surface area contributed by atoms with Gasteiger partial charge in [0.15, 0.2) is 5.82 Å². The Bertz CT molecular complexity index is 1110. The maximum Gasteiger partial charge on any atom is 0.337 e. The number of hydrogen-bond acceptors (Lipinski definition) is 7. The highest BCUT2D eigenvalue weighted by Crippen LogP contribution is 2.29. The highest BCUT2D eigenvalue weighted by molar-refractivity contribution is 5.88. The molecule has 1 fully saturated rings. The maximum absolute atomic E-state index is 13.3. The smallest absolute Gasteiger partial charge is 0.337 e. The molecule has 0 unspecified atom stereocenters. The predicted molar refractivity (Wildman–Crippen MR) is 120 cm³/mol. The van der Waals surface area contributed by atoms with Crippen molar-refractivity contribution in [2.75, 3.05) is 29.9 Å². The first-order valence-corrected chi connectivity index (χ1v) is 10.5. The molecule has 0 spiro atoms. The number of hydrogen-bond donors (Lipinski definition) is 1. The molecular formula is C23H25FN6O2. The van der Waals surface area contributed by atoms with Crippen molar-refractivity contribution in [1.29, 1.82) is 0 Å². The molecule has 9 heteroatoms. The number of anilines is 2. The molecule has 3 heterocycles. The lowest BCUT2D eigenvalue weighted by Crippen LogP contribution is -2.44. The Labute approximate surface area is 185 Å². The number of piperidine rings is 1. The molecule has 0 radical (unpaired) electrons. The van der Waals surface area contributed by atoms with Crippen molar-refractivity contribution < 1.29 is 14.3 Å². The van der Waals surface area contributed by atoms with Gasteiger partial charge in [-0.2, -0.15) is 5.10 Å². The molecule has 1 aliphatic rings. The Morgan fingerprint density at radius 1 is 1.12 bits per heavy atom. The average molecular weight is 436 g/mol. The van der Waals surface area contributed by atoms with E-state index in [0.29, 0.717) is 11.8 Å². The molecular weight excluding hydrogens is 411 g/mol. The number of carboxylic acids is 1. The van der Waals surface area contributed by atoms with Gasteiger partial charge in [0.25, 0.3) is 0 Å². The van der Waals surface area contributed by atoms with Gasteiger partial charge in [-0.05, 0) is 50.5 Å². The number of nitrogens with zero attached hydrogens (tertiary/aromatic N) is 6. The van der Waals surface area contributed by atoms with E-state index in [1.807, 2.05) is 25.8 Å². The van der Waals surface area contributed by atoms with Crippen LogP contribution in [-0.4, -0.2) is 57.4 Å². The van der Waals surface area contributed by atoms with E-state index in [0.717, 1.165) is 48.4 Å². The first kappa shape index (κ1) is 21.6.